The minimum Gasteiger partial charge on any atom is -0.502 e. The van der Waals surface area contributed by atoms with Crippen LogP contribution in [0.2, 0.25) is 0 Å². The van der Waals surface area contributed by atoms with Crippen molar-refractivity contribution in [3.63, 3.8) is 0 Å². The zero-order chi connectivity index (χ0) is 21.4. The molecule has 0 heterocycles. The molecular formula is C21H25N3O5. The molecule has 2 amide bonds. The van der Waals surface area contributed by atoms with E-state index in [9.17, 15) is 14.7 Å². The number of methoxy groups -OCH3 is 2. The first-order valence-corrected chi connectivity index (χ1v) is 9.02. The highest BCUT2D eigenvalue weighted by molar-refractivity contribution is 5.96. The van der Waals surface area contributed by atoms with Crippen LogP contribution in [0.25, 0.3) is 0 Å². The Hall–Kier alpha value is -3.55. The zero-order valence-electron chi connectivity index (χ0n) is 16.9. The third kappa shape index (κ3) is 6.24. The summed E-state index contributed by atoms with van der Waals surface area (Å²) in [4.78, 5) is 24.0. The number of anilines is 1. The normalized spacial score (nSPS) is 10.8. The van der Waals surface area contributed by atoms with Gasteiger partial charge in [0.2, 0.25) is 11.7 Å². The Labute approximate surface area is 169 Å². The van der Waals surface area contributed by atoms with Crippen molar-refractivity contribution in [2.24, 2.45) is 11.0 Å². The monoisotopic (exact) mass is 399 g/mol. The van der Waals surface area contributed by atoms with E-state index in [-0.39, 0.29) is 29.1 Å². The highest BCUT2D eigenvalue weighted by Crippen LogP contribution is 2.36. The summed E-state index contributed by atoms with van der Waals surface area (Å²) in [6.07, 6.45) is 1.84. The number of carbonyl (C=O) groups is 2. The Morgan fingerprint density at radius 3 is 2.21 bits per heavy atom. The van der Waals surface area contributed by atoms with Crippen LogP contribution in [0.3, 0.4) is 0 Å². The number of phenols is 1. The van der Waals surface area contributed by atoms with Crippen LogP contribution in [0.5, 0.6) is 17.2 Å². The minimum absolute atomic E-state index is 0.0680. The van der Waals surface area contributed by atoms with Crippen molar-refractivity contribution in [3.05, 3.63) is 47.5 Å². The minimum atomic E-state index is -0.404. The molecule has 2 aromatic carbocycles. The molecule has 0 aliphatic heterocycles. The van der Waals surface area contributed by atoms with Gasteiger partial charge in [-0.05, 0) is 42.3 Å². The number of carbonyl (C=O) groups excluding carboxylic acids is 2. The van der Waals surface area contributed by atoms with Gasteiger partial charge in [-0.2, -0.15) is 5.10 Å². The van der Waals surface area contributed by atoms with Gasteiger partial charge in [-0.3, -0.25) is 9.59 Å². The van der Waals surface area contributed by atoms with Crippen LogP contribution in [0, 0.1) is 5.92 Å². The number of rotatable bonds is 8. The maximum atomic E-state index is 12.2. The molecule has 2 rings (SSSR count). The lowest BCUT2D eigenvalue weighted by atomic mass is 10.1. The molecule has 3 N–H and O–H groups in total. The van der Waals surface area contributed by atoms with Gasteiger partial charge >= 0.3 is 0 Å². The molecule has 0 atom stereocenters. The first-order valence-electron chi connectivity index (χ1n) is 9.02. The summed E-state index contributed by atoms with van der Waals surface area (Å²) in [7, 11) is 2.85. The largest absolute Gasteiger partial charge is 0.502 e. The van der Waals surface area contributed by atoms with E-state index in [2.05, 4.69) is 15.8 Å². The van der Waals surface area contributed by atoms with Crippen molar-refractivity contribution in [1.29, 1.82) is 0 Å². The van der Waals surface area contributed by atoms with Crippen LogP contribution in [0.15, 0.2) is 41.5 Å². The van der Waals surface area contributed by atoms with E-state index in [1.54, 1.807) is 36.4 Å². The fourth-order valence-corrected chi connectivity index (χ4v) is 2.51. The second-order valence-corrected chi connectivity index (χ2v) is 6.70. The quantitative estimate of drug-likeness (QED) is 0.467. The number of phenolic OH excluding ortho intramolecular Hbond substituents is 1. The van der Waals surface area contributed by atoms with E-state index >= 15 is 0 Å². The van der Waals surface area contributed by atoms with Crippen LogP contribution in [0.1, 0.15) is 36.2 Å². The molecule has 29 heavy (non-hydrogen) atoms. The first kappa shape index (κ1) is 21.7. The van der Waals surface area contributed by atoms with E-state index in [1.807, 2.05) is 13.8 Å². The summed E-state index contributed by atoms with van der Waals surface area (Å²) in [5.41, 5.74) is 4.01. The molecule has 0 bridgehead atoms. The SMILES string of the molecule is COc1cc(/C=N/NC(=O)c2ccc(NC(=O)CC(C)C)cc2)cc(OC)c1O. The molecule has 0 unspecified atom stereocenters. The third-order valence-corrected chi connectivity index (χ3v) is 3.91. The number of amides is 2. The van der Waals surface area contributed by atoms with E-state index in [1.165, 1.54) is 20.4 Å². The van der Waals surface area contributed by atoms with Crippen molar-refractivity contribution in [2.75, 3.05) is 19.5 Å². The number of hydrogen-bond donors (Lipinski definition) is 3. The number of hydrogen-bond acceptors (Lipinski definition) is 6. The summed E-state index contributed by atoms with van der Waals surface area (Å²) >= 11 is 0. The van der Waals surface area contributed by atoms with Gasteiger partial charge in [-0.15, -0.1) is 0 Å². The number of benzene rings is 2. The van der Waals surface area contributed by atoms with Crippen molar-refractivity contribution >= 4 is 23.7 Å². The smallest absolute Gasteiger partial charge is 0.271 e. The Balaban J connectivity index is 1.99. The molecule has 2 aromatic rings. The summed E-state index contributed by atoms with van der Waals surface area (Å²) in [6.45, 7) is 3.94. The lowest BCUT2D eigenvalue weighted by Crippen LogP contribution is -2.18. The molecule has 0 aromatic heterocycles. The Morgan fingerprint density at radius 1 is 1.10 bits per heavy atom. The van der Waals surface area contributed by atoms with E-state index in [0.29, 0.717) is 23.2 Å². The highest BCUT2D eigenvalue weighted by Gasteiger charge is 2.11. The highest BCUT2D eigenvalue weighted by atomic mass is 16.5. The van der Waals surface area contributed by atoms with Crippen LogP contribution >= 0.6 is 0 Å². The van der Waals surface area contributed by atoms with Crippen LogP contribution < -0.4 is 20.2 Å². The molecular weight excluding hydrogens is 374 g/mol. The molecule has 0 saturated carbocycles. The van der Waals surface area contributed by atoms with Gasteiger partial charge in [-0.25, -0.2) is 5.43 Å². The van der Waals surface area contributed by atoms with E-state index in [4.69, 9.17) is 9.47 Å². The third-order valence-electron chi connectivity index (χ3n) is 3.91. The fraction of sp³-hybridized carbons (Fsp3) is 0.286. The Bertz CT molecular complexity index is 867. The lowest BCUT2D eigenvalue weighted by molar-refractivity contribution is -0.116. The second kappa shape index (κ2) is 10.1. The topological polar surface area (TPSA) is 109 Å². The van der Waals surface area contributed by atoms with Gasteiger partial charge in [0.25, 0.3) is 5.91 Å². The van der Waals surface area contributed by atoms with Gasteiger partial charge in [0, 0.05) is 23.2 Å². The van der Waals surface area contributed by atoms with Gasteiger partial charge in [-0.1, -0.05) is 13.8 Å². The molecule has 8 heteroatoms. The maximum absolute atomic E-state index is 12.2. The summed E-state index contributed by atoms with van der Waals surface area (Å²) in [6, 6.07) is 9.63. The number of hydrazone groups is 1. The molecule has 0 aliphatic rings. The maximum Gasteiger partial charge on any atom is 0.271 e. The molecule has 154 valence electrons. The van der Waals surface area contributed by atoms with Gasteiger partial charge in [0.05, 0.1) is 20.4 Å². The first-order chi connectivity index (χ1) is 13.8. The van der Waals surface area contributed by atoms with Crippen LogP contribution in [-0.2, 0) is 4.79 Å². The van der Waals surface area contributed by atoms with Crippen LogP contribution in [0.4, 0.5) is 5.69 Å². The predicted octanol–water partition coefficient (Wildman–Crippen LogP) is 3.16. The molecule has 8 nitrogen and oxygen atoms in total. The Kier molecular flexibility index (Phi) is 7.59. The standard InChI is InChI=1S/C21H25N3O5/c1-13(2)9-19(25)23-16-7-5-15(6-8-16)21(27)24-22-12-14-10-17(28-3)20(26)18(11-14)29-4/h5-8,10-13,26H,9H2,1-4H3,(H,23,25)(H,24,27)/b22-12+. The Morgan fingerprint density at radius 2 is 1.69 bits per heavy atom. The zero-order valence-corrected chi connectivity index (χ0v) is 16.9. The molecule has 0 spiro atoms. The van der Waals surface area contributed by atoms with E-state index < -0.39 is 5.91 Å². The number of ether oxygens (including phenoxy) is 2. The van der Waals surface area contributed by atoms with Gasteiger partial charge in [0.1, 0.15) is 0 Å². The molecule has 0 radical (unpaired) electrons. The lowest BCUT2D eigenvalue weighted by Gasteiger charge is -2.09. The van der Waals surface area contributed by atoms with Gasteiger partial charge in [0.15, 0.2) is 11.5 Å². The average Bonchev–Trinajstić information content (AvgIpc) is 2.68. The summed E-state index contributed by atoms with van der Waals surface area (Å²) in [5, 5.41) is 16.6. The molecule has 0 fully saturated rings. The van der Waals surface area contributed by atoms with Crippen molar-refractivity contribution in [1.82, 2.24) is 5.43 Å². The van der Waals surface area contributed by atoms with Crippen molar-refractivity contribution in [2.45, 2.75) is 20.3 Å². The predicted molar refractivity (Wildman–Crippen MR) is 111 cm³/mol. The summed E-state index contributed by atoms with van der Waals surface area (Å²) in [5.74, 6) is 0.142. The molecule has 0 aliphatic carbocycles. The average molecular weight is 399 g/mol. The van der Waals surface area contributed by atoms with Crippen molar-refractivity contribution in [3.8, 4) is 17.2 Å². The molecule has 0 saturated heterocycles. The van der Waals surface area contributed by atoms with Crippen LogP contribution in [-0.4, -0.2) is 37.4 Å². The number of nitrogens with one attached hydrogen (secondary N) is 2. The number of nitrogens with zero attached hydrogens (tertiary/aromatic N) is 1. The summed E-state index contributed by atoms with van der Waals surface area (Å²) < 4.78 is 10.2. The second-order valence-electron chi connectivity index (χ2n) is 6.70. The van der Waals surface area contributed by atoms with Crippen molar-refractivity contribution < 1.29 is 24.2 Å². The van der Waals surface area contributed by atoms with Gasteiger partial charge < -0.3 is 19.9 Å². The fourth-order valence-electron chi connectivity index (χ4n) is 2.51. The number of aromatic hydroxyl groups is 1. The van der Waals surface area contributed by atoms with E-state index in [0.717, 1.165) is 0 Å².